The summed E-state index contributed by atoms with van der Waals surface area (Å²) in [6, 6.07) is -0.492. The lowest BCUT2D eigenvalue weighted by Crippen LogP contribution is -2.43. The number of hydrogen-bond donors (Lipinski definition) is 2. The van der Waals surface area contributed by atoms with E-state index in [1.807, 2.05) is 4.90 Å². The first-order valence-electron chi connectivity index (χ1n) is 21.7. The molecule has 6 nitrogen and oxygen atoms in total. The molecule has 1 amide bonds. The van der Waals surface area contributed by atoms with Crippen LogP contribution in [0.4, 0.5) is 0 Å². The Labute approximate surface area is 316 Å². The number of carbonyl (C=O) groups is 1. The van der Waals surface area contributed by atoms with E-state index in [9.17, 15) is 4.79 Å². The fraction of sp³-hybridized carbons (Fsp3) is 0.800. The van der Waals surface area contributed by atoms with Crippen LogP contribution in [0.5, 0.6) is 0 Å². The molecule has 0 radical (unpaired) electrons. The lowest BCUT2D eigenvalue weighted by atomic mass is 10.1. The highest BCUT2D eigenvalue weighted by Gasteiger charge is 2.38. The Kier molecular flexibility index (Phi) is 34.0. The van der Waals surface area contributed by atoms with Gasteiger partial charge in [0.25, 0.3) is 0 Å². The molecule has 0 aromatic rings. The normalized spacial score (nSPS) is 17.4. The van der Waals surface area contributed by atoms with Crippen molar-refractivity contribution in [2.45, 2.75) is 199 Å². The average Bonchev–Trinajstić information content (AvgIpc) is 3.55. The quantitative estimate of drug-likeness (QED) is 0.0498. The van der Waals surface area contributed by atoms with E-state index in [-0.39, 0.29) is 18.1 Å². The minimum absolute atomic E-state index is 0.00517. The van der Waals surface area contributed by atoms with Crippen LogP contribution >= 0.6 is 0 Å². The highest BCUT2D eigenvalue weighted by atomic mass is 16.5. The number of allylic oxidation sites excluding steroid dienone is 8. The van der Waals surface area contributed by atoms with Crippen molar-refractivity contribution >= 4 is 5.91 Å². The predicted octanol–water partition coefficient (Wildman–Crippen LogP) is 11.3. The Balaban J connectivity index is 2.21. The minimum Gasteiger partial charge on any atom is -0.374 e. The fourth-order valence-electron chi connectivity index (χ4n) is 6.59. The zero-order valence-electron chi connectivity index (χ0n) is 33.6. The molecule has 51 heavy (non-hydrogen) atoms. The van der Waals surface area contributed by atoms with Gasteiger partial charge in [-0.2, -0.15) is 0 Å². The summed E-state index contributed by atoms with van der Waals surface area (Å²) >= 11 is 0. The summed E-state index contributed by atoms with van der Waals surface area (Å²) in [5.41, 5.74) is 11.9. The van der Waals surface area contributed by atoms with E-state index in [1.165, 1.54) is 128 Å². The monoisotopic (exact) mass is 714 g/mol. The van der Waals surface area contributed by atoms with Gasteiger partial charge in [0.05, 0.1) is 6.04 Å². The molecule has 0 saturated carbocycles. The van der Waals surface area contributed by atoms with Crippen LogP contribution in [0.15, 0.2) is 48.6 Å². The Hall–Kier alpha value is -1.73. The number of likely N-dealkylation sites (tertiary alicyclic amines) is 1. The lowest BCUT2D eigenvalue weighted by Gasteiger charge is -2.20. The number of nitrogens with two attached hydrogens (primary N) is 2. The molecule has 3 atom stereocenters. The Morgan fingerprint density at radius 2 is 0.941 bits per heavy atom. The second kappa shape index (κ2) is 36.6. The highest BCUT2D eigenvalue weighted by Crippen LogP contribution is 2.20. The van der Waals surface area contributed by atoms with Crippen LogP contribution in [-0.4, -0.2) is 61.9 Å². The number of nitrogens with zero attached hydrogens (tertiary/aromatic N) is 1. The summed E-state index contributed by atoms with van der Waals surface area (Å²) in [7, 11) is 0. The van der Waals surface area contributed by atoms with Gasteiger partial charge in [0.15, 0.2) is 0 Å². The molecule has 0 bridgehead atoms. The van der Waals surface area contributed by atoms with E-state index < -0.39 is 6.04 Å². The molecule has 296 valence electrons. The molecule has 0 aromatic heterocycles. The van der Waals surface area contributed by atoms with Crippen LogP contribution in [0.25, 0.3) is 0 Å². The van der Waals surface area contributed by atoms with E-state index in [2.05, 4.69) is 62.5 Å². The van der Waals surface area contributed by atoms with Crippen molar-refractivity contribution in [1.29, 1.82) is 0 Å². The van der Waals surface area contributed by atoms with Gasteiger partial charge in [-0.05, 0) is 96.4 Å². The molecule has 1 saturated heterocycles. The summed E-state index contributed by atoms with van der Waals surface area (Å²) in [6.45, 7) is 7.67. The first-order chi connectivity index (χ1) is 25.1. The van der Waals surface area contributed by atoms with Gasteiger partial charge in [0.1, 0.15) is 12.2 Å². The molecule has 0 aliphatic carbocycles. The predicted molar refractivity (Wildman–Crippen MR) is 221 cm³/mol. The average molecular weight is 714 g/mol. The Morgan fingerprint density at radius 1 is 0.569 bits per heavy atom. The number of carbonyl (C=O) groups excluding carboxylic acids is 1. The van der Waals surface area contributed by atoms with Crippen molar-refractivity contribution in [1.82, 2.24) is 4.90 Å². The first-order valence-corrected chi connectivity index (χ1v) is 21.7. The zero-order chi connectivity index (χ0) is 36.9. The van der Waals surface area contributed by atoms with E-state index in [0.29, 0.717) is 26.1 Å². The molecule has 4 N–H and O–H groups in total. The number of hydrogen-bond acceptors (Lipinski definition) is 5. The van der Waals surface area contributed by atoms with E-state index >= 15 is 0 Å². The number of unbranched alkanes of at least 4 members (excludes halogenated alkanes) is 18. The van der Waals surface area contributed by atoms with E-state index in [4.69, 9.17) is 20.9 Å². The van der Waals surface area contributed by atoms with Crippen LogP contribution in [0, 0.1) is 0 Å². The van der Waals surface area contributed by atoms with Gasteiger partial charge in [0, 0.05) is 26.3 Å². The molecule has 1 fully saturated rings. The molecule has 1 aliphatic heterocycles. The van der Waals surface area contributed by atoms with Crippen LogP contribution in [0.2, 0.25) is 0 Å². The molecule has 0 unspecified atom stereocenters. The second-order valence-electron chi connectivity index (χ2n) is 14.8. The summed E-state index contributed by atoms with van der Waals surface area (Å²) in [4.78, 5) is 14.9. The third-order valence-corrected chi connectivity index (χ3v) is 9.92. The van der Waals surface area contributed by atoms with Crippen LogP contribution in [0.3, 0.4) is 0 Å². The van der Waals surface area contributed by atoms with Crippen molar-refractivity contribution in [2.75, 3.05) is 32.8 Å². The van der Waals surface area contributed by atoms with Gasteiger partial charge in [-0.15, -0.1) is 0 Å². The SMILES string of the molecule is CCCCC/C=C\C/C=C\CCCCCCCCO[C@@H]1CN(C(=O)[C@@H](N)CCCN)C[C@H]1OCCCCCCCC/C=C\C/C=C\CCCCC. The topological polar surface area (TPSA) is 90.8 Å². The smallest absolute Gasteiger partial charge is 0.239 e. The van der Waals surface area contributed by atoms with Gasteiger partial charge in [-0.1, -0.05) is 140 Å². The second-order valence-corrected chi connectivity index (χ2v) is 14.8. The number of ether oxygens (including phenoxy) is 2. The summed E-state index contributed by atoms with van der Waals surface area (Å²) in [5, 5.41) is 0. The van der Waals surface area contributed by atoms with Crippen LogP contribution < -0.4 is 11.5 Å². The summed E-state index contributed by atoms with van der Waals surface area (Å²) in [5.74, 6) is 0.00517. The van der Waals surface area contributed by atoms with Gasteiger partial charge >= 0.3 is 0 Å². The van der Waals surface area contributed by atoms with Crippen molar-refractivity contribution < 1.29 is 14.3 Å². The standard InChI is InChI=1S/C45H83N3O3/c1-3-5-7-9-11-13-15-17-19-21-23-25-27-29-31-33-38-50-43-40-48(45(49)42(47)36-35-37-46)41-44(43)51-39-34-32-30-28-26-24-22-20-18-16-14-12-10-8-6-4-2/h11-14,17-20,42-44H,3-10,15-16,21-41,46-47H2,1-2H3/b13-11-,14-12-,19-17-,20-18-/t42-,43+,44+/m0/s1. The molecular formula is C45H83N3O3. The zero-order valence-corrected chi connectivity index (χ0v) is 33.6. The molecule has 1 heterocycles. The van der Waals surface area contributed by atoms with Crippen LogP contribution in [-0.2, 0) is 14.3 Å². The van der Waals surface area contributed by atoms with Crippen molar-refractivity contribution in [3.8, 4) is 0 Å². The third kappa shape index (κ3) is 28.4. The third-order valence-electron chi connectivity index (χ3n) is 9.92. The summed E-state index contributed by atoms with van der Waals surface area (Å²) < 4.78 is 12.7. The molecule has 1 aliphatic rings. The first kappa shape index (κ1) is 47.3. The van der Waals surface area contributed by atoms with E-state index in [0.717, 1.165) is 45.3 Å². The van der Waals surface area contributed by atoms with E-state index in [1.54, 1.807) is 0 Å². The van der Waals surface area contributed by atoms with Gasteiger partial charge in [-0.3, -0.25) is 4.79 Å². The molecular weight excluding hydrogens is 631 g/mol. The van der Waals surface area contributed by atoms with Gasteiger partial charge in [-0.25, -0.2) is 0 Å². The highest BCUT2D eigenvalue weighted by molar-refractivity contribution is 5.82. The van der Waals surface area contributed by atoms with Crippen LogP contribution in [0.1, 0.15) is 181 Å². The largest absolute Gasteiger partial charge is 0.374 e. The van der Waals surface area contributed by atoms with Gasteiger partial charge < -0.3 is 25.8 Å². The van der Waals surface area contributed by atoms with Crippen molar-refractivity contribution in [2.24, 2.45) is 11.5 Å². The minimum atomic E-state index is -0.492. The lowest BCUT2D eigenvalue weighted by molar-refractivity contribution is -0.132. The molecule has 0 aromatic carbocycles. The number of amides is 1. The Morgan fingerprint density at radius 3 is 1.33 bits per heavy atom. The maximum atomic E-state index is 13.0. The summed E-state index contributed by atoms with van der Waals surface area (Å²) in [6.07, 6.45) is 49.5. The number of rotatable bonds is 36. The van der Waals surface area contributed by atoms with Gasteiger partial charge in [0.2, 0.25) is 5.91 Å². The maximum Gasteiger partial charge on any atom is 0.239 e. The van der Waals surface area contributed by atoms with Crippen molar-refractivity contribution in [3.05, 3.63) is 48.6 Å². The Bertz CT molecular complexity index is 828. The fourth-order valence-corrected chi connectivity index (χ4v) is 6.59. The molecule has 1 rings (SSSR count). The molecule has 6 heteroatoms. The van der Waals surface area contributed by atoms with Crippen molar-refractivity contribution in [3.63, 3.8) is 0 Å². The maximum absolute atomic E-state index is 13.0. The molecule has 0 spiro atoms.